The number of hydrogen-bond acceptors (Lipinski definition) is 2. The second-order valence-electron chi connectivity index (χ2n) is 7.51. The Morgan fingerprint density at radius 1 is 1.30 bits per heavy atom. The van der Waals surface area contributed by atoms with Crippen molar-refractivity contribution in [1.29, 1.82) is 0 Å². The molecule has 3 nitrogen and oxygen atoms in total. The van der Waals surface area contributed by atoms with Crippen LogP contribution in [0.4, 0.5) is 0 Å². The minimum absolute atomic E-state index is 0.285. The summed E-state index contributed by atoms with van der Waals surface area (Å²) in [6.45, 7) is 13.3. The lowest BCUT2D eigenvalue weighted by molar-refractivity contribution is 0.131. The number of aliphatic hydroxyl groups is 1. The van der Waals surface area contributed by atoms with E-state index in [0.717, 1.165) is 25.0 Å². The van der Waals surface area contributed by atoms with Gasteiger partial charge in [0, 0.05) is 18.7 Å². The molecule has 116 valence electrons. The SMILES string of the molecule is CCC(C)n1ccc(CC(O)CC(C)CC(C)(C)C)n1. The molecule has 3 unspecified atom stereocenters. The maximum absolute atomic E-state index is 10.2. The third kappa shape index (κ3) is 6.08. The van der Waals surface area contributed by atoms with Crippen molar-refractivity contribution in [3.8, 4) is 0 Å². The van der Waals surface area contributed by atoms with Crippen LogP contribution in [0.1, 0.15) is 72.5 Å². The van der Waals surface area contributed by atoms with Crippen molar-refractivity contribution in [2.24, 2.45) is 11.3 Å². The van der Waals surface area contributed by atoms with Gasteiger partial charge in [-0.3, -0.25) is 4.68 Å². The van der Waals surface area contributed by atoms with Gasteiger partial charge in [0.25, 0.3) is 0 Å². The molecule has 0 aliphatic heterocycles. The highest BCUT2D eigenvalue weighted by atomic mass is 16.3. The number of rotatable bonds is 7. The summed E-state index contributed by atoms with van der Waals surface area (Å²) in [4.78, 5) is 0. The van der Waals surface area contributed by atoms with E-state index in [4.69, 9.17) is 0 Å². The van der Waals surface area contributed by atoms with Crippen LogP contribution in [-0.2, 0) is 6.42 Å². The van der Waals surface area contributed by atoms with Crippen molar-refractivity contribution in [3.63, 3.8) is 0 Å². The lowest BCUT2D eigenvalue weighted by Gasteiger charge is -2.24. The summed E-state index contributed by atoms with van der Waals surface area (Å²) in [5.41, 5.74) is 1.33. The smallest absolute Gasteiger partial charge is 0.0650 e. The number of hydrogen-bond donors (Lipinski definition) is 1. The van der Waals surface area contributed by atoms with E-state index in [9.17, 15) is 5.11 Å². The van der Waals surface area contributed by atoms with E-state index in [1.165, 1.54) is 0 Å². The Labute approximate surface area is 124 Å². The maximum Gasteiger partial charge on any atom is 0.0650 e. The Hall–Kier alpha value is -0.830. The van der Waals surface area contributed by atoms with Crippen LogP contribution in [0.15, 0.2) is 12.3 Å². The summed E-state index contributed by atoms with van der Waals surface area (Å²) < 4.78 is 2.00. The van der Waals surface area contributed by atoms with Crippen LogP contribution in [0.3, 0.4) is 0 Å². The van der Waals surface area contributed by atoms with E-state index in [1.807, 2.05) is 16.9 Å². The van der Waals surface area contributed by atoms with Gasteiger partial charge in [-0.05, 0) is 43.6 Å². The van der Waals surface area contributed by atoms with Crippen molar-refractivity contribution >= 4 is 0 Å². The quantitative estimate of drug-likeness (QED) is 0.812. The standard InChI is InChI=1S/C17H32N2O/c1-7-14(3)19-9-8-15(18-19)11-16(20)10-13(2)12-17(4,5)6/h8-9,13-14,16,20H,7,10-12H2,1-6H3. The molecule has 1 aromatic rings. The minimum Gasteiger partial charge on any atom is -0.393 e. The Bertz CT molecular complexity index is 392. The van der Waals surface area contributed by atoms with Gasteiger partial charge in [-0.1, -0.05) is 34.6 Å². The third-order valence-corrected chi connectivity index (χ3v) is 3.79. The zero-order valence-electron chi connectivity index (χ0n) is 14.1. The molecular weight excluding hydrogens is 248 g/mol. The largest absolute Gasteiger partial charge is 0.393 e. The molecule has 3 heteroatoms. The van der Waals surface area contributed by atoms with E-state index in [0.29, 0.717) is 23.8 Å². The van der Waals surface area contributed by atoms with Crippen LogP contribution in [0.25, 0.3) is 0 Å². The predicted molar refractivity (Wildman–Crippen MR) is 84.8 cm³/mol. The summed E-state index contributed by atoms with van der Waals surface area (Å²) >= 11 is 0. The van der Waals surface area contributed by atoms with Crippen molar-refractivity contribution in [2.75, 3.05) is 0 Å². The zero-order chi connectivity index (χ0) is 15.3. The van der Waals surface area contributed by atoms with E-state index in [1.54, 1.807) is 0 Å². The molecule has 0 fully saturated rings. The van der Waals surface area contributed by atoms with E-state index < -0.39 is 0 Å². The summed E-state index contributed by atoms with van der Waals surface area (Å²) in [6, 6.07) is 2.46. The molecule has 0 saturated carbocycles. The lowest BCUT2D eigenvalue weighted by atomic mass is 9.83. The summed E-state index contributed by atoms with van der Waals surface area (Å²) in [7, 11) is 0. The molecule has 0 saturated heterocycles. The fourth-order valence-corrected chi connectivity index (χ4v) is 2.84. The van der Waals surface area contributed by atoms with Gasteiger partial charge in [-0.15, -0.1) is 0 Å². The Balaban J connectivity index is 2.46. The monoisotopic (exact) mass is 280 g/mol. The zero-order valence-corrected chi connectivity index (χ0v) is 14.1. The second-order valence-corrected chi connectivity index (χ2v) is 7.51. The molecule has 0 aliphatic rings. The van der Waals surface area contributed by atoms with Crippen LogP contribution in [0.2, 0.25) is 0 Å². The molecule has 3 atom stereocenters. The van der Waals surface area contributed by atoms with Gasteiger partial charge >= 0.3 is 0 Å². The van der Waals surface area contributed by atoms with E-state index in [2.05, 4.69) is 46.6 Å². The molecule has 1 heterocycles. The molecule has 1 aromatic heterocycles. The number of aromatic nitrogens is 2. The molecule has 0 radical (unpaired) electrons. The summed E-state index contributed by atoms with van der Waals surface area (Å²) in [6.07, 6.45) is 5.48. The third-order valence-electron chi connectivity index (χ3n) is 3.79. The molecule has 1 N–H and O–H groups in total. The van der Waals surface area contributed by atoms with Gasteiger partial charge in [-0.2, -0.15) is 5.10 Å². The fraction of sp³-hybridized carbons (Fsp3) is 0.824. The normalized spacial score (nSPS) is 16.9. The van der Waals surface area contributed by atoms with Gasteiger partial charge in [0.2, 0.25) is 0 Å². The second kappa shape index (κ2) is 7.26. The highest BCUT2D eigenvalue weighted by Crippen LogP contribution is 2.27. The van der Waals surface area contributed by atoms with Crippen LogP contribution in [0.5, 0.6) is 0 Å². The minimum atomic E-state index is -0.285. The Morgan fingerprint density at radius 2 is 1.95 bits per heavy atom. The van der Waals surface area contributed by atoms with Crippen LogP contribution >= 0.6 is 0 Å². The van der Waals surface area contributed by atoms with Crippen molar-refractivity contribution < 1.29 is 5.11 Å². The Morgan fingerprint density at radius 3 is 2.50 bits per heavy atom. The Kier molecular flexibility index (Phi) is 6.25. The van der Waals surface area contributed by atoms with Crippen molar-refractivity contribution in [3.05, 3.63) is 18.0 Å². The average Bonchev–Trinajstić information content (AvgIpc) is 2.73. The maximum atomic E-state index is 10.2. The number of nitrogens with zero attached hydrogens (tertiary/aromatic N) is 2. The molecule has 0 bridgehead atoms. The lowest BCUT2D eigenvalue weighted by Crippen LogP contribution is -2.19. The van der Waals surface area contributed by atoms with E-state index >= 15 is 0 Å². The van der Waals surface area contributed by atoms with Gasteiger partial charge in [-0.25, -0.2) is 0 Å². The van der Waals surface area contributed by atoms with Gasteiger partial charge in [0.15, 0.2) is 0 Å². The van der Waals surface area contributed by atoms with Crippen molar-refractivity contribution in [1.82, 2.24) is 9.78 Å². The highest BCUT2D eigenvalue weighted by Gasteiger charge is 2.19. The number of aliphatic hydroxyl groups excluding tert-OH is 1. The summed E-state index contributed by atoms with van der Waals surface area (Å²) in [5.74, 6) is 0.543. The molecule has 0 amide bonds. The first kappa shape index (κ1) is 17.2. The fourth-order valence-electron chi connectivity index (χ4n) is 2.84. The molecule has 0 spiro atoms. The molecule has 0 aromatic carbocycles. The molecule has 0 aliphatic carbocycles. The molecule has 20 heavy (non-hydrogen) atoms. The van der Waals surface area contributed by atoms with E-state index in [-0.39, 0.29) is 6.10 Å². The predicted octanol–water partition coefficient (Wildman–Crippen LogP) is 4.22. The highest BCUT2D eigenvalue weighted by molar-refractivity contribution is 5.01. The van der Waals surface area contributed by atoms with Crippen LogP contribution < -0.4 is 0 Å². The van der Waals surface area contributed by atoms with Crippen LogP contribution in [0, 0.1) is 11.3 Å². The van der Waals surface area contributed by atoms with Crippen LogP contribution in [-0.4, -0.2) is 21.0 Å². The first-order chi connectivity index (χ1) is 9.21. The topological polar surface area (TPSA) is 38.0 Å². The van der Waals surface area contributed by atoms with Crippen molar-refractivity contribution in [2.45, 2.75) is 79.4 Å². The van der Waals surface area contributed by atoms with Gasteiger partial charge in [0.05, 0.1) is 11.8 Å². The first-order valence-electron chi connectivity index (χ1n) is 7.93. The van der Waals surface area contributed by atoms with Gasteiger partial charge < -0.3 is 5.11 Å². The molecular formula is C17H32N2O. The summed E-state index contributed by atoms with van der Waals surface area (Å²) in [5, 5.41) is 14.8. The average molecular weight is 280 g/mol. The molecule has 1 rings (SSSR count). The first-order valence-corrected chi connectivity index (χ1v) is 7.93. The van der Waals surface area contributed by atoms with Gasteiger partial charge in [0.1, 0.15) is 0 Å².